The molecule has 1 saturated heterocycles. The molecule has 5 nitrogen and oxygen atoms in total. The van der Waals surface area contributed by atoms with Crippen LogP contribution in [0, 0.1) is 0 Å². The van der Waals surface area contributed by atoms with Crippen molar-refractivity contribution in [3.05, 3.63) is 22.8 Å². The van der Waals surface area contributed by atoms with E-state index in [1.165, 1.54) is 0 Å². The lowest BCUT2D eigenvalue weighted by Crippen LogP contribution is -2.32. The molecule has 0 saturated carbocycles. The monoisotopic (exact) mass is 284 g/mol. The van der Waals surface area contributed by atoms with Crippen LogP contribution >= 0.6 is 11.6 Å². The highest BCUT2D eigenvalue weighted by Gasteiger charge is 2.19. The number of nitrogens with zero attached hydrogens (tertiary/aromatic N) is 2. The van der Waals surface area contributed by atoms with Gasteiger partial charge >= 0.3 is 0 Å². The molecule has 2 rings (SSSR count). The Morgan fingerprint density at radius 3 is 3.05 bits per heavy atom. The number of nitrogen functional groups attached to an aromatic ring is 1. The van der Waals surface area contributed by atoms with Gasteiger partial charge in [-0.3, -0.25) is 4.90 Å². The number of nitrogens with one attached hydrogen (secondary N) is 1. The summed E-state index contributed by atoms with van der Waals surface area (Å²) < 4.78 is 5.67. The highest BCUT2D eigenvalue weighted by molar-refractivity contribution is 6.31. The quantitative estimate of drug-likeness (QED) is 0.618. The maximum absolute atomic E-state index is 6.18. The van der Waals surface area contributed by atoms with Crippen molar-refractivity contribution in [2.75, 3.05) is 25.1 Å². The summed E-state index contributed by atoms with van der Waals surface area (Å²) in [7, 11) is 0. The van der Waals surface area contributed by atoms with Gasteiger partial charge < -0.3 is 10.2 Å². The third-order valence-electron chi connectivity index (χ3n) is 3.37. The van der Waals surface area contributed by atoms with E-state index in [4.69, 9.17) is 22.2 Å². The van der Waals surface area contributed by atoms with Crippen molar-refractivity contribution in [1.82, 2.24) is 9.88 Å². The van der Waals surface area contributed by atoms with Crippen molar-refractivity contribution in [3.8, 4) is 0 Å². The van der Waals surface area contributed by atoms with Gasteiger partial charge in [0.1, 0.15) is 5.82 Å². The molecule has 1 unspecified atom stereocenters. The molecular formula is C13H21ClN4O. The van der Waals surface area contributed by atoms with E-state index in [1.807, 2.05) is 6.07 Å². The van der Waals surface area contributed by atoms with E-state index in [9.17, 15) is 0 Å². The number of nitrogens with two attached hydrogens (primary N) is 1. The average Bonchev–Trinajstić information content (AvgIpc) is 2.93. The van der Waals surface area contributed by atoms with Gasteiger partial charge in [-0.15, -0.1) is 0 Å². The number of rotatable bonds is 6. The second-order valence-corrected chi connectivity index (χ2v) is 5.14. The lowest BCUT2D eigenvalue weighted by molar-refractivity contribution is 0.0721. The molecule has 0 bridgehead atoms. The molecule has 0 radical (unpaired) electrons. The van der Waals surface area contributed by atoms with Crippen molar-refractivity contribution in [1.29, 1.82) is 0 Å². The van der Waals surface area contributed by atoms with E-state index >= 15 is 0 Å². The van der Waals surface area contributed by atoms with Crippen molar-refractivity contribution in [3.63, 3.8) is 0 Å². The second-order valence-electron chi connectivity index (χ2n) is 4.73. The molecular weight excluding hydrogens is 264 g/mol. The van der Waals surface area contributed by atoms with Gasteiger partial charge in [0, 0.05) is 19.7 Å². The van der Waals surface area contributed by atoms with Crippen LogP contribution in [0.25, 0.3) is 0 Å². The molecule has 1 aromatic rings. The average molecular weight is 285 g/mol. The van der Waals surface area contributed by atoms with Gasteiger partial charge in [0.25, 0.3) is 0 Å². The van der Waals surface area contributed by atoms with Crippen LogP contribution in [-0.2, 0) is 11.3 Å². The summed E-state index contributed by atoms with van der Waals surface area (Å²) in [6.45, 7) is 5.60. The van der Waals surface area contributed by atoms with Crippen LogP contribution in [0.3, 0.4) is 0 Å². The zero-order valence-corrected chi connectivity index (χ0v) is 12.0. The standard InChI is InChI=1S/C13H21ClN4O/c1-2-18(8-10-4-3-7-19-10)9-12-11(14)5-6-13(16-12)17-15/h5-6,10H,2-4,7-9,15H2,1H3,(H,16,17). The zero-order chi connectivity index (χ0) is 13.7. The number of aromatic nitrogens is 1. The first kappa shape index (κ1) is 14.5. The molecule has 6 heteroatoms. The van der Waals surface area contributed by atoms with Gasteiger partial charge in [-0.05, 0) is 31.5 Å². The summed E-state index contributed by atoms with van der Waals surface area (Å²) in [6.07, 6.45) is 2.64. The van der Waals surface area contributed by atoms with E-state index in [-0.39, 0.29) is 0 Å². The first-order chi connectivity index (χ1) is 9.22. The molecule has 1 aromatic heterocycles. The lowest BCUT2D eigenvalue weighted by Gasteiger charge is -2.23. The molecule has 1 fully saturated rings. The predicted molar refractivity (Wildman–Crippen MR) is 77.0 cm³/mol. The van der Waals surface area contributed by atoms with Crippen LogP contribution < -0.4 is 11.3 Å². The van der Waals surface area contributed by atoms with Crippen LogP contribution in [0.4, 0.5) is 5.82 Å². The van der Waals surface area contributed by atoms with Crippen molar-refractivity contribution < 1.29 is 4.74 Å². The lowest BCUT2D eigenvalue weighted by atomic mass is 10.2. The number of ether oxygens (including phenoxy) is 1. The molecule has 0 aliphatic carbocycles. The highest BCUT2D eigenvalue weighted by Crippen LogP contribution is 2.19. The smallest absolute Gasteiger partial charge is 0.140 e. The summed E-state index contributed by atoms with van der Waals surface area (Å²) in [5.41, 5.74) is 3.39. The third kappa shape index (κ3) is 4.04. The minimum absolute atomic E-state index is 0.342. The van der Waals surface area contributed by atoms with Gasteiger partial charge in [-0.25, -0.2) is 10.8 Å². The topological polar surface area (TPSA) is 63.4 Å². The minimum atomic E-state index is 0.342. The van der Waals surface area contributed by atoms with Gasteiger partial charge in [0.15, 0.2) is 0 Å². The fourth-order valence-electron chi connectivity index (χ4n) is 2.27. The molecule has 2 heterocycles. The normalized spacial score (nSPS) is 19.1. The minimum Gasteiger partial charge on any atom is -0.377 e. The summed E-state index contributed by atoms with van der Waals surface area (Å²) in [6, 6.07) is 3.58. The maximum Gasteiger partial charge on any atom is 0.140 e. The summed E-state index contributed by atoms with van der Waals surface area (Å²) in [5.74, 6) is 6.01. The molecule has 0 amide bonds. The summed E-state index contributed by atoms with van der Waals surface area (Å²) >= 11 is 6.18. The second kappa shape index (κ2) is 7.05. The maximum atomic E-state index is 6.18. The van der Waals surface area contributed by atoms with E-state index in [1.54, 1.807) is 6.07 Å². The summed E-state index contributed by atoms with van der Waals surface area (Å²) in [5, 5.41) is 0.671. The predicted octanol–water partition coefficient (Wildman–Crippen LogP) is 2.02. The number of anilines is 1. The first-order valence-electron chi connectivity index (χ1n) is 6.69. The third-order valence-corrected chi connectivity index (χ3v) is 3.72. The molecule has 0 aromatic carbocycles. The Kier molecular flexibility index (Phi) is 5.39. The van der Waals surface area contributed by atoms with E-state index in [0.29, 0.717) is 23.5 Å². The Morgan fingerprint density at radius 1 is 1.58 bits per heavy atom. The van der Waals surface area contributed by atoms with Gasteiger partial charge in [-0.2, -0.15) is 0 Å². The molecule has 19 heavy (non-hydrogen) atoms. The number of hydrogen-bond donors (Lipinski definition) is 2. The number of pyridine rings is 1. The fraction of sp³-hybridized carbons (Fsp3) is 0.615. The van der Waals surface area contributed by atoms with Crippen LogP contribution in [0.5, 0.6) is 0 Å². The van der Waals surface area contributed by atoms with Gasteiger partial charge in [0.05, 0.1) is 16.8 Å². The Labute approximate surface area is 119 Å². The molecule has 1 aliphatic rings. The Bertz CT molecular complexity index is 410. The van der Waals surface area contributed by atoms with E-state index in [2.05, 4.69) is 22.2 Å². The largest absolute Gasteiger partial charge is 0.377 e. The molecule has 1 aliphatic heterocycles. The van der Waals surface area contributed by atoms with Crippen LogP contribution in [0.15, 0.2) is 12.1 Å². The SMILES string of the molecule is CCN(Cc1nc(NN)ccc1Cl)CC1CCCO1. The number of halogens is 1. The summed E-state index contributed by atoms with van der Waals surface area (Å²) in [4.78, 5) is 6.70. The number of hydrogen-bond acceptors (Lipinski definition) is 5. The van der Waals surface area contributed by atoms with E-state index < -0.39 is 0 Å². The van der Waals surface area contributed by atoms with Crippen LogP contribution in [-0.4, -0.2) is 35.7 Å². The molecule has 0 spiro atoms. The Morgan fingerprint density at radius 2 is 2.42 bits per heavy atom. The van der Waals surface area contributed by atoms with E-state index in [0.717, 1.165) is 38.2 Å². The Balaban J connectivity index is 2.00. The van der Waals surface area contributed by atoms with Crippen molar-refractivity contribution in [2.45, 2.75) is 32.4 Å². The van der Waals surface area contributed by atoms with Gasteiger partial charge in [-0.1, -0.05) is 18.5 Å². The molecule has 1 atom stereocenters. The van der Waals surface area contributed by atoms with Crippen LogP contribution in [0.2, 0.25) is 5.02 Å². The highest BCUT2D eigenvalue weighted by atomic mass is 35.5. The molecule has 3 N–H and O–H groups in total. The Hall–Kier alpha value is -0.880. The first-order valence-corrected chi connectivity index (χ1v) is 7.06. The van der Waals surface area contributed by atoms with Crippen LogP contribution in [0.1, 0.15) is 25.5 Å². The van der Waals surface area contributed by atoms with Crippen molar-refractivity contribution in [2.24, 2.45) is 5.84 Å². The zero-order valence-electron chi connectivity index (χ0n) is 11.2. The molecule has 106 valence electrons. The number of likely N-dealkylation sites (N-methyl/N-ethyl adjacent to an activating group) is 1. The number of hydrazine groups is 1. The van der Waals surface area contributed by atoms with Gasteiger partial charge in [0.2, 0.25) is 0 Å². The fourth-order valence-corrected chi connectivity index (χ4v) is 2.43. The van der Waals surface area contributed by atoms with Crippen molar-refractivity contribution >= 4 is 17.4 Å².